The molecule has 0 heteroatoms. The molecule has 0 bridgehead atoms. The van der Waals surface area contributed by atoms with Gasteiger partial charge in [0.25, 0.3) is 0 Å². The zero-order valence-corrected chi connectivity index (χ0v) is 26.4. The summed E-state index contributed by atoms with van der Waals surface area (Å²) in [6.45, 7) is 4.73. The molecule has 1 aliphatic carbocycles. The van der Waals surface area contributed by atoms with Crippen molar-refractivity contribution in [2.45, 2.75) is 19.3 Å². The molecular weight excluding hydrogens is 565 g/mol. The molecule has 0 radical (unpaired) electrons. The second-order valence-corrected chi connectivity index (χ2v) is 14.0. The number of hydrogen-bond acceptors (Lipinski definition) is 0. The first-order chi connectivity index (χ1) is 23.1. The smallest absolute Gasteiger partial charge is 0.0159 e. The molecule has 0 atom stereocenters. The first-order valence-corrected chi connectivity index (χ1v) is 16.7. The van der Waals surface area contributed by atoms with Crippen LogP contribution in [-0.4, -0.2) is 0 Å². The van der Waals surface area contributed by atoms with Gasteiger partial charge in [-0.1, -0.05) is 153 Å². The summed E-state index contributed by atoms with van der Waals surface area (Å²) in [5.74, 6) is 0. The Morgan fingerprint density at radius 2 is 0.766 bits per heavy atom. The Kier molecular flexibility index (Phi) is 4.74. The van der Waals surface area contributed by atoms with Gasteiger partial charge in [-0.15, -0.1) is 0 Å². The predicted molar refractivity (Wildman–Crippen MR) is 202 cm³/mol. The zero-order chi connectivity index (χ0) is 31.0. The molecule has 0 saturated heterocycles. The number of benzene rings is 10. The molecule has 11 rings (SSSR count). The lowest BCUT2D eigenvalue weighted by Gasteiger charge is -2.22. The van der Waals surface area contributed by atoms with E-state index in [1.165, 1.54) is 109 Å². The third kappa shape index (κ3) is 3.23. The minimum atomic E-state index is -0.0265. The van der Waals surface area contributed by atoms with Crippen molar-refractivity contribution in [2.24, 2.45) is 0 Å². The molecule has 0 amide bonds. The van der Waals surface area contributed by atoms with E-state index in [-0.39, 0.29) is 5.41 Å². The second-order valence-electron chi connectivity index (χ2n) is 14.0. The minimum Gasteiger partial charge on any atom is -0.0619 e. The van der Waals surface area contributed by atoms with E-state index < -0.39 is 0 Å². The molecule has 0 unspecified atom stereocenters. The van der Waals surface area contributed by atoms with Crippen LogP contribution in [0.1, 0.15) is 25.0 Å². The molecule has 47 heavy (non-hydrogen) atoms. The van der Waals surface area contributed by atoms with Gasteiger partial charge in [-0.25, -0.2) is 0 Å². The molecule has 1 aliphatic rings. The van der Waals surface area contributed by atoms with Crippen LogP contribution >= 0.6 is 0 Å². The van der Waals surface area contributed by atoms with Crippen LogP contribution in [0.25, 0.3) is 98.0 Å². The maximum atomic E-state index is 2.46. The molecule has 0 heterocycles. The van der Waals surface area contributed by atoms with Crippen molar-refractivity contribution in [2.75, 3.05) is 0 Å². The van der Waals surface area contributed by atoms with E-state index in [2.05, 4.69) is 159 Å². The van der Waals surface area contributed by atoms with Gasteiger partial charge < -0.3 is 0 Å². The lowest BCUT2D eigenvalue weighted by atomic mass is 9.81. The van der Waals surface area contributed by atoms with Gasteiger partial charge in [0.15, 0.2) is 0 Å². The highest BCUT2D eigenvalue weighted by Gasteiger charge is 2.35. The fourth-order valence-corrected chi connectivity index (χ4v) is 9.13. The summed E-state index contributed by atoms with van der Waals surface area (Å²) in [4.78, 5) is 0. The van der Waals surface area contributed by atoms with E-state index in [4.69, 9.17) is 0 Å². The minimum absolute atomic E-state index is 0.0265. The highest BCUT2D eigenvalue weighted by molar-refractivity contribution is 6.30. The number of hydrogen-bond donors (Lipinski definition) is 0. The average molecular weight is 595 g/mol. The van der Waals surface area contributed by atoms with Crippen LogP contribution in [0, 0.1) is 0 Å². The van der Waals surface area contributed by atoms with Gasteiger partial charge in [-0.05, 0) is 115 Å². The third-order valence-electron chi connectivity index (χ3n) is 11.4. The highest BCUT2D eigenvalue weighted by Crippen LogP contribution is 2.51. The summed E-state index contributed by atoms with van der Waals surface area (Å²) >= 11 is 0. The first kappa shape index (κ1) is 25.5. The van der Waals surface area contributed by atoms with Crippen molar-refractivity contribution in [3.05, 3.63) is 157 Å². The van der Waals surface area contributed by atoms with Crippen LogP contribution in [0.15, 0.2) is 146 Å². The van der Waals surface area contributed by atoms with E-state index in [1.54, 1.807) is 0 Å². The van der Waals surface area contributed by atoms with E-state index in [0.717, 1.165) is 0 Å². The van der Waals surface area contributed by atoms with E-state index >= 15 is 0 Å². The van der Waals surface area contributed by atoms with Crippen molar-refractivity contribution < 1.29 is 0 Å². The molecule has 0 spiro atoms. The molecule has 218 valence electrons. The first-order valence-electron chi connectivity index (χ1n) is 16.7. The van der Waals surface area contributed by atoms with E-state index in [9.17, 15) is 0 Å². The Balaban J connectivity index is 1.16. The van der Waals surface area contributed by atoms with Crippen LogP contribution in [0.2, 0.25) is 0 Å². The van der Waals surface area contributed by atoms with E-state index in [1.807, 2.05) is 0 Å². The standard InChI is InChI=1S/C47H30/c1-47(2)41-9-4-3-8-36(41)37-22-18-32(26-42(37)47)33-19-12-30-17-25-40-35(21-14-31-16-23-38(33)45(30)46(31)40)34-20-13-29-11-10-27-6-5-7-28-15-24-39(34)44(29)43(27)28/h3-26H,1-2H3. The summed E-state index contributed by atoms with van der Waals surface area (Å²) in [5.41, 5.74) is 10.7. The lowest BCUT2D eigenvalue weighted by Crippen LogP contribution is -2.14. The van der Waals surface area contributed by atoms with Gasteiger partial charge in [-0.2, -0.15) is 0 Å². The molecule has 0 saturated carbocycles. The van der Waals surface area contributed by atoms with Crippen LogP contribution < -0.4 is 0 Å². The van der Waals surface area contributed by atoms with Crippen LogP contribution in [0.3, 0.4) is 0 Å². The quantitative estimate of drug-likeness (QED) is 0.175. The Morgan fingerprint density at radius 3 is 1.40 bits per heavy atom. The van der Waals surface area contributed by atoms with Gasteiger partial charge >= 0.3 is 0 Å². The largest absolute Gasteiger partial charge is 0.0619 e. The normalized spacial score (nSPS) is 13.9. The maximum Gasteiger partial charge on any atom is 0.0159 e. The fraction of sp³-hybridized carbons (Fsp3) is 0.0638. The molecule has 0 fully saturated rings. The van der Waals surface area contributed by atoms with Crippen LogP contribution in [-0.2, 0) is 5.41 Å². The lowest BCUT2D eigenvalue weighted by molar-refractivity contribution is 0.660. The highest BCUT2D eigenvalue weighted by atomic mass is 14.4. The fourth-order valence-electron chi connectivity index (χ4n) is 9.13. The van der Waals surface area contributed by atoms with Gasteiger partial charge in [0.05, 0.1) is 0 Å². The molecule has 0 nitrogen and oxygen atoms in total. The van der Waals surface area contributed by atoms with Crippen molar-refractivity contribution in [3.8, 4) is 33.4 Å². The van der Waals surface area contributed by atoms with Gasteiger partial charge in [0, 0.05) is 5.41 Å². The van der Waals surface area contributed by atoms with Gasteiger partial charge in [-0.3, -0.25) is 0 Å². The molecular formula is C47H30. The van der Waals surface area contributed by atoms with Crippen LogP contribution in [0.4, 0.5) is 0 Å². The van der Waals surface area contributed by atoms with Crippen molar-refractivity contribution in [1.82, 2.24) is 0 Å². The molecule has 0 N–H and O–H groups in total. The summed E-state index contributed by atoms with van der Waals surface area (Å²) in [5, 5.41) is 15.9. The van der Waals surface area contributed by atoms with Crippen LogP contribution in [0.5, 0.6) is 0 Å². The summed E-state index contributed by atoms with van der Waals surface area (Å²) in [6.07, 6.45) is 0. The maximum absolute atomic E-state index is 2.46. The molecule has 10 aromatic rings. The molecule has 0 aromatic heterocycles. The Morgan fingerprint density at radius 1 is 0.319 bits per heavy atom. The monoisotopic (exact) mass is 594 g/mol. The number of rotatable bonds is 2. The Labute approximate surface area is 273 Å². The Bertz CT molecular complexity index is 2900. The molecule has 0 aliphatic heterocycles. The Hall–Kier alpha value is -5.72. The van der Waals surface area contributed by atoms with Crippen molar-refractivity contribution >= 4 is 64.6 Å². The topological polar surface area (TPSA) is 0 Å². The van der Waals surface area contributed by atoms with Crippen molar-refractivity contribution in [3.63, 3.8) is 0 Å². The predicted octanol–water partition coefficient (Wildman–Crippen LogP) is 13.1. The van der Waals surface area contributed by atoms with Crippen molar-refractivity contribution in [1.29, 1.82) is 0 Å². The summed E-state index contributed by atoms with van der Waals surface area (Å²) in [6, 6.07) is 55.2. The SMILES string of the molecule is CC1(C)c2ccccc2-c2ccc(-c3ccc4ccc5c(-c6ccc7ccc8cccc9ccc6c7c89)ccc6ccc3c4c65)cc21. The molecule has 10 aromatic carbocycles. The second kappa shape index (κ2) is 8.75. The average Bonchev–Trinajstić information content (AvgIpc) is 3.35. The van der Waals surface area contributed by atoms with E-state index in [0.29, 0.717) is 0 Å². The zero-order valence-electron chi connectivity index (χ0n) is 26.4. The van der Waals surface area contributed by atoms with Gasteiger partial charge in [0.2, 0.25) is 0 Å². The third-order valence-corrected chi connectivity index (χ3v) is 11.4. The summed E-state index contributed by atoms with van der Waals surface area (Å²) < 4.78 is 0. The number of fused-ring (bicyclic) bond motifs is 3. The van der Waals surface area contributed by atoms with Gasteiger partial charge in [0.1, 0.15) is 0 Å². The summed E-state index contributed by atoms with van der Waals surface area (Å²) in [7, 11) is 0.